The third kappa shape index (κ3) is 4.19. The summed E-state index contributed by atoms with van der Waals surface area (Å²) < 4.78 is 0. The summed E-state index contributed by atoms with van der Waals surface area (Å²) in [4.78, 5) is 28.5. The fraction of sp³-hybridized carbons (Fsp3) is 0.579. The molecule has 3 N–H and O–H groups in total. The highest BCUT2D eigenvalue weighted by Crippen LogP contribution is 2.28. The second-order valence-corrected chi connectivity index (χ2v) is 7.13. The summed E-state index contributed by atoms with van der Waals surface area (Å²) in [6.45, 7) is 2.67. The number of likely N-dealkylation sites (tertiary alicyclic amines) is 2. The van der Waals surface area contributed by atoms with Crippen molar-refractivity contribution in [1.29, 1.82) is 0 Å². The Bertz CT molecular complexity index is 599. The van der Waals surface area contributed by atoms with E-state index in [1.165, 1.54) is 5.56 Å². The molecule has 2 atom stereocenters. The molecule has 2 fully saturated rings. The number of likely N-dealkylation sites (N-methyl/N-ethyl adjacent to an activating group) is 1. The van der Waals surface area contributed by atoms with Gasteiger partial charge in [-0.15, -0.1) is 0 Å². The normalized spacial score (nSPS) is 25.1. The van der Waals surface area contributed by atoms with Crippen molar-refractivity contribution in [2.45, 2.75) is 37.3 Å². The van der Waals surface area contributed by atoms with Crippen molar-refractivity contribution in [3.63, 3.8) is 0 Å². The maximum atomic E-state index is 12.7. The molecule has 0 aliphatic carbocycles. The number of hydrogen-bond donors (Lipinski definition) is 2. The SMILES string of the molecule is CNC(=O)[C@@H]1C[C@H](N)CN1C(=O)CN1CCC(c2ccccc2)CC1. The molecule has 0 spiro atoms. The first-order valence-electron chi connectivity index (χ1n) is 9.12. The Kier molecular flexibility index (Phi) is 5.71. The van der Waals surface area contributed by atoms with E-state index in [9.17, 15) is 9.59 Å². The molecule has 3 rings (SSSR count). The standard InChI is InChI=1S/C19H28N4O2/c1-21-19(25)17-11-16(20)12-23(17)18(24)13-22-9-7-15(8-10-22)14-5-3-2-4-6-14/h2-6,15-17H,7-13,20H2,1H3,(H,21,25)/t16-,17-/m0/s1. The summed E-state index contributed by atoms with van der Waals surface area (Å²) in [5.41, 5.74) is 7.36. The fourth-order valence-corrected chi connectivity index (χ4v) is 3.99. The summed E-state index contributed by atoms with van der Waals surface area (Å²) in [5.74, 6) is 0.468. The molecule has 1 aromatic carbocycles. The number of nitrogens with two attached hydrogens (primary N) is 1. The van der Waals surface area contributed by atoms with Crippen LogP contribution in [-0.2, 0) is 9.59 Å². The Morgan fingerprint density at radius 3 is 2.52 bits per heavy atom. The van der Waals surface area contributed by atoms with Crippen molar-refractivity contribution in [1.82, 2.24) is 15.1 Å². The van der Waals surface area contributed by atoms with Crippen molar-refractivity contribution >= 4 is 11.8 Å². The molecule has 25 heavy (non-hydrogen) atoms. The Morgan fingerprint density at radius 1 is 1.20 bits per heavy atom. The van der Waals surface area contributed by atoms with Gasteiger partial charge in [0.1, 0.15) is 6.04 Å². The molecule has 2 amide bonds. The second kappa shape index (κ2) is 7.97. The third-order valence-electron chi connectivity index (χ3n) is 5.42. The van der Waals surface area contributed by atoms with Crippen LogP contribution in [0.3, 0.4) is 0 Å². The number of hydrogen-bond acceptors (Lipinski definition) is 4. The van der Waals surface area contributed by atoms with Crippen LogP contribution < -0.4 is 11.1 Å². The minimum absolute atomic E-state index is 0.0136. The van der Waals surface area contributed by atoms with Gasteiger partial charge in [0, 0.05) is 19.6 Å². The van der Waals surface area contributed by atoms with Gasteiger partial charge < -0.3 is 16.0 Å². The number of rotatable bonds is 4. The molecule has 1 aromatic rings. The minimum Gasteiger partial charge on any atom is -0.357 e. The lowest BCUT2D eigenvalue weighted by Crippen LogP contribution is -2.49. The van der Waals surface area contributed by atoms with Crippen molar-refractivity contribution in [2.75, 3.05) is 33.2 Å². The van der Waals surface area contributed by atoms with Crippen LogP contribution in [0.2, 0.25) is 0 Å². The maximum Gasteiger partial charge on any atom is 0.242 e. The Hall–Kier alpha value is -1.92. The Morgan fingerprint density at radius 2 is 1.88 bits per heavy atom. The van der Waals surface area contributed by atoms with E-state index in [0.717, 1.165) is 25.9 Å². The lowest BCUT2D eigenvalue weighted by atomic mass is 9.89. The van der Waals surface area contributed by atoms with Crippen LogP contribution >= 0.6 is 0 Å². The van der Waals surface area contributed by atoms with E-state index >= 15 is 0 Å². The highest BCUT2D eigenvalue weighted by atomic mass is 16.2. The van der Waals surface area contributed by atoms with Crippen molar-refractivity contribution in [3.05, 3.63) is 35.9 Å². The van der Waals surface area contributed by atoms with Crippen LogP contribution in [0, 0.1) is 0 Å². The first-order chi connectivity index (χ1) is 12.1. The first-order valence-corrected chi connectivity index (χ1v) is 9.12. The highest BCUT2D eigenvalue weighted by Gasteiger charge is 2.38. The molecule has 0 unspecified atom stereocenters. The van der Waals surface area contributed by atoms with Gasteiger partial charge in [0.05, 0.1) is 6.54 Å². The molecular formula is C19H28N4O2. The zero-order valence-corrected chi connectivity index (χ0v) is 14.9. The molecule has 2 saturated heterocycles. The number of benzene rings is 1. The molecule has 136 valence electrons. The Labute approximate surface area is 149 Å². The van der Waals surface area contributed by atoms with E-state index in [2.05, 4.69) is 34.5 Å². The van der Waals surface area contributed by atoms with Crippen LogP contribution in [0.1, 0.15) is 30.7 Å². The summed E-state index contributed by atoms with van der Waals surface area (Å²) in [6.07, 6.45) is 2.67. The Balaban J connectivity index is 1.53. The average molecular weight is 344 g/mol. The maximum absolute atomic E-state index is 12.7. The lowest BCUT2D eigenvalue weighted by Gasteiger charge is -2.33. The largest absolute Gasteiger partial charge is 0.357 e. The van der Waals surface area contributed by atoms with E-state index in [-0.39, 0.29) is 17.9 Å². The van der Waals surface area contributed by atoms with Gasteiger partial charge in [0.25, 0.3) is 0 Å². The van der Waals surface area contributed by atoms with E-state index in [1.807, 2.05) is 6.07 Å². The molecule has 6 nitrogen and oxygen atoms in total. The molecule has 2 aliphatic rings. The first kappa shape index (κ1) is 17.9. The van der Waals surface area contributed by atoms with E-state index in [0.29, 0.717) is 25.4 Å². The summed E-state index contributed by atoms with van der Waals surface area (Å²) in [5, 5.41) is 2.64. The summed E-state index contributed by atoms with van der Waals surface area (Å²) in [6, 6.07) is 10.0. The predicted octanol–water partition coefficient (Wildman–Crippen LogP) is 0.540. The monoisotopic (exact) mass is 344 g/mol. The van der Waals surface area contributed by atoms with E-state index in [4.69, 9.17) is 5.73 Å². The van der Waals surface area contributed by atoms with Gasteiger partial charge in [-0.05, 0) is 43.8 Å². The number of carbonyl (C=O) groups is 2. The number of nitrogens with one attached hydrogen (secondary N) is 1. The van der Waals surface area contributed by atoms with Gasteiger partial charge in [-0.2, -0.15) is 0 Å². The van der Waals surface area contributed by atoms with E-state index in [1.54, 1.807) is 11.9 Å². The molecule has 0 radical (unpaired) electrons. The smallest absolute Gasteiger partial charge is 0.242 e. The molecule has 0 bridgehead atoms. The quantitative estimate of drug-likeness (QED) is 0.836. The predicted molar refractivity (Wildman–Crippen MR) is 97.0 cm³/mol. The zero-order valence-electron chi connectivity index (χ0n) is 14.9. The van der Waals surface area contributed by atoms with Crippen LogP contribution in [0.15, 0.2) is 30.3 Å². The number of amides is 2. The molecular weight excluding hydrogens is 316 g/mol. The van der Waals surface area contributed by atoms with Crippen LogP contribution in [0.5, 0.6) is 0 Å². The highest BCUT2D eigenvalue weighted by molar-refractivity contribution is 5.89. The van der Waals surface area contributed by atoms with Crippen LogP contribution in [-0.4, -0.2) is 66.9 Å². The summed E-state index contributed by atoms with van der Waals surface area (Å²) >= 11 is 0. The van der Waals surface area contributed by atoms with Gasteiger partial charge in [-0.25, -0.2) is 0 Å². The van der Waals surface area contributed by atoms with Crippen molar-refractivity contribution < 1.29 is 9.59 Å². The van der Waals surface area contributed by atoms with Crippen LogP contribution in [0.25, 0.3) is 0 Å². The van der Waals surface area contributed by atoms with Gasteiger partial charge in [-0.3, -0.25) is 14.5 Å². The summed E-state index contributed by atoms with van der Waals surface area (Å²) in [7, 11) is 1.60. The lowest BCUT2D eigenvalue weighted by molar-refractivity contribution is -0.139. The molecule has 6 heteroatoms. The zero-order chi connectivity index (χ0) is 17.8. The molecule has 2 heterocycles. The van der Waals surface area contributed by atoms with Gasteiger partial charge in [0.2, 0.25) is 11.8 Å². The third-order valence-corrected chi connectivity index (χ3v) is 5.42. The van der Waals surface area contributed by atoms with Crippen molar-refractivity contribution in [3.8, 4) is 0 Å². The molecule has 0 aromatic heterocycles. The molecule has 0 saturated carbocycles. The number of nitrogens with zero attached hydrogens (tertiary/aromatic N) is 2. The topological polar surface area (TPSA) is 78.7 Å². The average Bonchev–Trinajstić information content (AvgIpc) is 3.04. The van der Waals surface area contributed by atoms with Gasteiger partial charge in [0.15, 0.2) is 0 Å². The number of piperidine rings is 1. The fourth-order valence-electron chi connectivity index (χ4n) is 3.99. The molecule has 2 aliphatic heterocycles. The van der Waals surface area contributed by atoms with Gasteiger partial charge >= 0.3 is 0 Å². The number of carbonyl (C=O) groups excluding carboxylic acids is 2. The van der Waals surface area contributed by atoms with Gasteiger partial charge in [-0.1, -0.05) is 30.3 Å². The van der Waals surface area contributed by atoms with E-state index < -0.39 is 6.04 Å². The van der Waals surface area contributed by atoms with Crippen molar-refractivity contribution in [2.24, 2.45) is 5.73 Å². The minimum atomic E-state index is -0.422. The second-order valence-electron chi connectivity index (χ2n) is 7.13. The van der Waals surface area contributed by atoms with Crippen LogP contribution in [0.4, 0.5) is 0 Å².